The van der Waals surface area contributed by atoms with Gasteiger partial charge in [-0.1, -0.05) is 12.1 Å². The molecule has 100 valence electrons. The zero-order valence-electron chi connectivity index (χ0n) is 10.7. The predicted molar refractivity (Wildman–Crippen MR) is 70.3 cm³/mol. The average molecular weight is 260 g/mol. The molecule has 1 aromatic carbocycles. The van der Waals surface area contributed by atoms with Gasteiger partial charge in [0.2, 0.25) is 0 Å². The molecule has 0 aliphatic heterocycles. The Morgan fingerprint density at radius 2 is 2.11 bits per heavy atom. The summed E-state index contributed by atoms with van der Waals surface area (Å²) in [7, 11) is 0. The number of ether oxygens (including phenoxy) is 1. The van der Waals surface area contributed by atoms with Gasteiger partial charge in [0.05, 0.1) is 25.0 Å². The van der Waals surface area contributed by atoms with Gasteiger partial charge in [-0.15, -0.1) is 0 Å². The Balaban J connectivity index is 2.00. The smallest absolute Gasteiger partial charge is 0.309 e. The van der Waals surface area contributed by atoms with Crippen LogP contribution in [-0.4, -0.2) is 27.2 Å². The SMILES string of the molecule is CCOc1ccc(Cn2cnc(CC(=O)O)c2)cc1. The lowest BCUT2D eigenvalue weighted by Crippen LogP contribution is -2.00. The summed E-state index contributed by atoms with van der Waals surface area (Å²) in [6.45, 7) is 3.27. The highest BCUT2D eigenvalue weighted by molar-refractivity contribution is 5.69. The highest BCUT2D eigenvalue weighted by atomic mass is 16.5. The first-order chi connectivity index (χ1) is 9.17. The van der Waals surface area contributed by atoms with Crippen LogP contribution in [0.15, 0.2) is 36.8 Å². The Morgan fingerprint density at radius 1 is 1.37 bits per heavy atom. The summed E-state index contributed by atoms with van der Waals surface area (Å²) in [5.74, 6) is -0.0187. The number of aliphatic carboxylic acids is 1. The number of carboxylic acid groups (broad SMARTS) is 1. The molecule has 1 heterocycles. The molecular formula is C14H16N2O3. The van der Waals surface area contributed by atoms with E-state index in [9.17, 15) is 4.79 Å². The number of imidazole rings is 1. The first-order valence-corrected chi connectivity index (χ1v) is 6.11. The van der Waals surface area contributed by atoms with Gasteiger partial charge < -0.3 is 14.4 Å². The molecular weight excluding hydrogens is 244 g/mol. The van der Waals surface area contributed by atoms with Crippen molar-refractivity contribution in [3.05, 3.63) is 48.0 Å². The summed E-state index contributed by atoms with van der Waals surface area (Å²) in [6, 6.07) is 7.82. The lowest BCUT2D eigenvalue weighted by molar-refractivity contribution is -0.136. The van der Waals surface area contributed by atoms with E-state index in [2.05, 4.69) is 4.98 Å². The maximum atomic E-state index is 10.6. The van der Waals surface area contributed by atoms with Crippen molar-refractivity contribution in [2.75, 3.05) is 6.61 Å². The van der Waals surface area contributed by atoms with Crippen molar-refractivity contribution in [1.82, 2.24) is 9.55 Å². The van der Waals surface area contributed by atoms with E-state index in [0.29, 0.717) is 18.8 Å². The van der Waals surface area contributed by atoms with Crippen molar-refractivity contribution in [2.45, 2.75) is 19.9 Å². The van der Waals surface area contributed by atoms with Crippen LogP contribution in [0.5, 0.6) is 5.75 Å². The van der Waals surface area contributed by atoms with E-state index in [1.807, 2.05) is 35.8 Å². The van der Waals surface area contributed by atoms with Gasteiger partial charge in [0.15, 0.2) is 0 Å². The monoisotopic (exact) mass is 260 g/mol. The molecule has 0 amide bonds. The molecule has 0 spiro atoms. The molecule has 0 aliphatic rings. The van der Waals surface area contributed by atoms with Crippen molar-refractivity contribution in [2.24, 2.45) is 0 Å². The molecule has 0 unspecified atom stereocenters. The number of hydrogen-bond acceptors (Lipinski definition) is 3. The second-order valence-electron chi connectivity index (χ2n) is 4.18. The van der Waals surface area contributed by atoms with Gasteiger partial charge >= 0.3 is 5.97 Å². The maximum absolute atomic E-state index is 10.6. The van der Waals surface area contributed by atoms with Crippen molar-refractivity contribution >= 4 is 5.97 Å². The van der Waals surface area contributed by atoms with Crippen LogP contribution in [0.1, 0.15) is 18.2 Å². The summed E-state index contributed by atoms with van der Waals surface area (Å²) in [5.41, 5.74) is 1.68. The second-order valence-corrected chi connectivity index (χ2v) is 4.18. The average Bonchev–Trinajstić information content (AvgIpc) is 2.78. The Morgan fingerprint density at radius 3 is 2.74 bits per heavy atom. The largest absolute Gasteiger partial charge is 0.494 e. The number of benzene rings is 1. The van der Waals surface area contributed by atoms with Gasteiger partial charge in [0, 0.05) is 12.7 Å². The van der Waals surface area contributed by atoms with Gasteiger partial charge in [-0.05, 0) is 24.6 Å². The molecule has 0 saturated heterocycles. The van der Waals surface area contributed by atoms with Crippen LogP contribution >= 0.6 is 0 Å². The van der Waals surface area contributed by atoms with Crippen LogP contribution in [-0.2, 0) is 17.8 Å². The molecule has 0 fully saturated rings. The third-order valence-corrected chi connectivity index (χ3v) is 2.62. The Kier molecular flexibility index (Phi) is 4.18. The molecule has 0 bridgehead atoms. The highest BCUT2D eigenvalue weighted by Crippen LogP contribution is 2.13. The summed E-state index contributed by atoms with van der Waals surface area (Å²) in [6.07, 6.45) is 3.36. The van der Waals surface area contributed by atoms with Crippen LogP contribution in [0.4, 0.5) is 0 Å². The first-order valence-electron chi connectivity index (χ1n) is 6.11. The molecule has 0 saturated carbocycles. The van der Waals surface area contributed by atoms with Crippen molar-refractivity contribution in [3.63, 3.8) is 0 Å². The van der Waals surface area contributed by atoms with E-state index >= 15 is 0 Å². The van der Waals surface area contributed by atoms with Gasteiger partial charge in [0.25, 0.3) is 0 Å². The topological polar surface area (TPSA) is 64.4 Å². The number of hydrogen-bond donors (Lipinski definition) is 1. The zero-order chi connectivity index (χ0) is 13.7. The summed E-state index contributed by atoms with van der Waals surface area (Å²) < 4.78 is 7.24. The maximum Gasteiger partial charge on any atom is 0.309 e. The van der Waals surface area contributed by atoms with Gasteiger partial charge in [-0.2, -0.15) is 0 Å². The highest BCUT2D eigenvalue weighted by Gasteiger charge is 2.04. The molecule has 2 aromatic rings. The second kappa shape index (κ2) is 6.04. The van der Waals surface area contributed by atoms with E-state index in [0.717, 1.165) is 11.3 Å². The molecule has 1 N–H and O–H groups in total. The number of aromatic nitrogens is 2. The number of nitrogens with zero attached hydrogens (tertiary/aromatic N) is 2. The molecule has 0 radical (unpaired) electrons. The Hall–Kier alpha value is -2.30. The minimum Gasteiger partial charge on any atom is -0.494 e. The fourth-order valence-electron chi connectivity index (χ4n) is 1.81. The van der Waals surface area contributed by atoms with Crippen LogP contribution in [0.25, 0.3) is 0 Å². The van der Waals surface area contributed by atoms with E-state index < -0.39 is 5.97 Å². The van der Waals surface area contributed by atoms with Crippen LogP contribution in [0.2, 0.25) is 0 Å². The van der Waals surface area contributed by atoms with Crippen LogP contribution < -0.4 is 4.74 Å². The fraction of sp³-hybridized carbons (Fsp3) is 0.286. The normalized spacial score (nSPS) is 10.4. The predicted octanol–water partition coefficient (Wildman–Crippen LogP) is 1.96. The van der Waals surface area contributed by atoms with E-state index in [1.54, 1.807) is 12.5 Å². The van der Waals surface area contributed by atoms with E-state index in [1.165, 1.54) is 0 Å². The first kappa shape index (κ1) is 13.1. The fourth-order valence-corrected chi connectivity index (χ4v) is 1.81. The van der Waals surface area contributed by atoms with Crippen molar-refractivity contribution in [1.29, 1.82) is 0 Å². The van der Waals surface area contributed by atoms with Gasteiger partial charge in [0.1, 0.15) is 5.75 Å². The Labute approximate surface area is 111 Å². The lowest BCUT2D eigenvalue weighted by Gasteiger charge is -2.05. The molecule has 0 atom stereocenters. The minimum absolute atomic E-state index is 0.0454. The quantitative estimate of drug-likeness (QED) is 0.862. The van der Waals surface area contributed by atoms with E-state index in [-0.39, 0.29) is 6.42 Å². The molecule has 5 heteroatoms. The van der Waals surface area contributed by atoms with Gasteiger partial charge in [-0.3, -0.25) is 4.79 Å². The standard InChI is InChI=1S/C14H16N2O3/c1-2-19-13-5-3-11(4-6-13)8-16-9-12(15-10-16)7-14(17)18/h3-6,9-10H,2,7-8H2,1H3,(H,17,18). The number of carbonyl (C=O) groups is 1. The summed E-state index contributed by atoms with van der Waals surface area (Å²) in [4.78, 5) is 14.6. The third kappa shape index (κ3) is 3.84. The minimum atomic E-state index is -0.869. The molecule has 1 aromatic heterocycles. The number of carboxylic acids is 1. The molecule has 5 nitrogen and oxygen atoms in total. The van der Waals surface area contributed by atoms with Crippen LogP contribution in [0, 0.1) is 0 Å². The van der Waals surface area contributed by atoms with Crippen LogP contribution in [0.3, 0.4) is 0 Å². The van der Waals surface area contributed by atoms with Crippen molar-refractivity contribution < 1.29 is 14.6 Å². The molecule has 0 aliphatic carbocycles. The van der Waals surface area contributed by atoms with E-state index in [4.69, 9.17) is 9.84 Å². The Bertz CT molecular complexity index is 546. The molecule has 19 heavy (non-hydrogen) atoms. The number of rotatable bonds is 6. The van der Waals surface area contributed by atoms with Gasteiger partial charge in [-0.25, -0.2) is 4.98 Å². The summed E-state index contributed by atoms with van der Waals surface area (Å²) in [5, 5.41) is 8.68. The third-order valence-electron chi connectivity index (χ3n) is 2.62. The van der Waals surface area contributed by atoms with Crippen molar-refractivity contribution in [3.8, 4) is 5.75 Å². The molecule has 2 rings (SSSR count). The summed E-state index contributed by atoms with van der Waals surface area (Å²) >= 11 is 0. The lowest BCUT2D eigenvalue weighted by atomic mass is 10.2. The zero-order valence-corrected chi connectivity index (χ0v) is 10.7.